The molecule has 1 atom stereocenters. The lowest BCUT2D eigenvalue weighted by molar-refractivity contribution is -0.130. The van der Waals surface area contributed by atoms with Crippen molar-refractivity contribution in [2.24, 2.45) is 0 Å². The Labute approximate surface area is 154 Å². The number of imide groups is 1. The lowest BCUT2D eigenvalue weighted by atomic mass is 9.92. The van der Waals surface area contributed by atoms with Gasteiger partial charge in [-0.3, -0.25) is 14.5 Å². The first-order valence-electron chi connectivity index (χ1n) is 7.87. The average Bonchev–Trinajstić information content (AvgIpc) is 3.15. The van der Waals surface area contributed by atoms with Gasteiger partial charge in [-0.15, -0.1) is 11.3 Å². The number of aryl methyl sites for hydroxylation is 1. The minimum atomic E-state index is -1.20. The first kappa shape index (κ1) is 17.6. The molecule has 1 aliphatic heterocycles. The normalized spacial score (nSPS) is 20.0. The van der Waals surface area contributed by atoms with Crippen LogP contribution in [0.25, 0.3) is 0 Å². The third-order valence-corrected chi connectivity index (χ3v) is 5.81. The van der Waals surface area contributed by atoms with Crippen molar-refractivity contribution in [2.45, 2.75) is 25.8 Å². The number of Topliss-reactive ketones (excluding diaryl/α,β-unsaturated/α-hetero) is 1. The topological polar surface area (TPSA) is 66.5 Å². The Balaban J connectivity index is 1.81. The number of carbonyl (C=O) groups excluding carboxylic acids is 3. The molecule has 1 aromatic heterocycles. The van der Waals surface area contributed by atoms with Crippen LogP contribution >= 0.6 is 22.9 Å². The van der Waals surface area contributed by atoms with Crippen LogP contribution in [0.4, 0.5) is 4.79 Å². The standard InChI is InChI=1S/C18H17ClN2O3S/c1-3-13-8-9-15(25-13)14(22)10-21-16(23)18(2,20-17(21)24)11-4-6-12(19)7-5-11/h4-9H,3,10H2,1-2H3,(H,20,24)/t18-/m1/s1. The summed E-state index contributed by atoms with van der Waals surface area (Å²) in [5.74, 6) is -0.686. The predicted octanol–water partition coefficient (Wildman–Crippen LogP) is 3.61. The summed E-state index contributed by atoms with van der Waals surface area (Å²) in [7, 11) is 0. The van der Waals surface area contributed by atoms with Crippen molar-refractivity contribution in [3.63, 3.8) is 0 Å². The zero-order valence-corrected chi connectivity index (χ0v) is 15.4. The van der Waals surface area contributed by atoms with E-state index in [9.17, 15) is 14.4 Å². The number of rotatable bonds is 5. The molecule has 1 aromatic carbocycles. The Morgan fingerprint density at radius 3 is 2.48 bits per heavy atom. The van der Waals surface area contributed by atoms with Gasteiger partial charge in [0, 0.05) is 9.90 Å². The lowest BCUT2D eigenvalue weighted by Gasteiger charge is -2.22. The van der Waals surface area contributed by atoms with Gasteiger partial charge in [-0.25, -0.2) is 4.79 Å². The van der Waals surface area contributed by atoms with Gasteiger partial charge >= 0.3 is 6.03 Å². The maximum absolute atomic E-state index is 12.8. The van der Waals surface area contributed by atoms with E-state index in [1.807, 2.05) is 13.0 Å². The molecule has 0 spiro atoms. The van der Waals surface area contributed by atoms with Gasteiger partial charge in [0.25, 0.3) is 5.91 Å². The molecule has 0 saturated carbocycles. The van der Waals surface area contributed by atoms with E-state index in [0.717, 1.165) is 16.2 Å². The molecule has 7 heteroatoms. The van der Waals surface area contributed by atoms with E-state index in [1.165, 1.54) is 11.3 Å². The monoisotopic (exact) mass is 376 g/mol. The summed E-state index contributed by atoms with van der Waals surface area (Å²) >= 11 is 7.27. The smallest absolute Gasteiger partial charge is 0.319 e. The van der Waals surface area contributed by atoms with Crippen LogP contribution in [0.5, 0.6) is 0 Å². The molecule has 1 N–H and O–H groups in total. The number of urea groups is 1. The van der Waals surface area contributed by atoms with Crippen LogP contribution in [0, 0.1) is 0 Å². The fraction of sp³-hybridized carbons (Fsp3) is 0.278. The Kier molecular flexibility index (Phi) is 4.67. The minimum Gasteiger partial charge on any atom is -0.319 e. The molecular formula is C18H17ClN2O3S. The Hall–Kier alpha value is -2.18. The molecule has 5 nitrogen and oxygen atoms in total. The average molecular weight is 377 g/mol. The fourth-order valence-electron chi connectivity index (χ4n) is 2.76. The lowest BCUT2D eigenvalue weighted by Crippen LogP contribution is -2.41. The summed E-state index contributed by atoms with van der Waals surface area (Å²) < 4.78 is 0. The third kappa shape index (κ3) is 3.19. The summed E-state index contributed by atoms with van der Waals surface area (Å²) in [6.45, 7) is 3.37. The number of thiophene rings is 1. The molecular weight excluding hydrogens is 360 g/mol. The summed E-state index contributed by atoms with van der Waals surface area (Å²) in [5.41, 5.74) is -0.582. The Morgan fingerprint density at radius 2 is 1.88 bits per heavy atom. The van der Waals surface area contributed by atoms with Crippen LogP contribution in [0.1, 0.15) is 34.0 Å². The molecule has 1 saturated heterocycles. The molecule has 0 bridgehead atoms. The second-order valence-corrected chi connectivity index (χ2v) is 7.60. The SMILES string of the molecule is CCc1ccc(C(=O)CN2C(=O)N[C@](C)(c3ccc(Cl)cc3)C2=O)s1. The number of benzene rings is 1. The highest BCUT2D eigenvalue weighted by atomic mass is 35.5. The number of nitrogens with one attached hydrogen (secondary N) is 1. The van der Waals surface area contributed by atoms with E-state index in [1.54, 1.807) is 37.3 Å². The van der Waals surface area contributed by atoms with Gasteiger partial charge in [-0.1, -0.05) is 30.7 Å². The van der Waals surface area contributed by atoms with Crippen molar-refractivity contribution in [3.8, 4) is 0 Å². The summed E-state index contributed by atoms with van der Waals surface area (Å²) in [5, 5.41) is 3.23. The molecule has 1 fully saturated rings. The van der Waals surface area contributed by atoms with Crippen molar-refractivity contribution in [3.05, 3.63) is 56.7 Å². The molecule has 2 aromatic rings. The highest BCUT2D eigenvalue weighted by molar-refractivity contribution is 7.14. The second-order valence-electron chi connectivity index (χ2n) is 6.00. The van der Waals surface area contributed by atoms with Gasteiger partial charge in [-0.05, 0) is 43.2 Å². The van der Waals surface area contributed by atoms with Gasteiger partial charge in [0.15, 0.2) is 5.78 Å². The zero-order valence-electron chi connectivity index (χ0n) is 13.8. The highest BCUT2D eigenvalue weighted by Crippen LogP contribution is 2.30. The quantitative estimate of drug-likeness (QED) is 0.640. The predicted molar refractivity (Wildman–Crippen MR) is 97.1 cm³/mol. The molecule has 0 aliphatic carbocycles. The fourth-order valence-corrected chi connectivity index (χ4v) is 3.76. The molecule has 2 heterocycles. The van der Waals surface area contributed by atoms with Crippen molar-refractivity contribution in [2.75, 3.05) is 6.54 Å². The van der Waals surface area contributed by atoms with Crippen LogP contribution in [0.3, 0.4) is 0 Å². The van der Waals surface area contributed by atoms with Crippen LogP contribution in [-0.2, 0) is 16.8 Å². The van der Waals surface area contributed by atoms with Gasteiger partial charge in [0.2, 0.25) is 0 Å². The van der Waals surface area contributed by atoms with Gasteiger partial charge in [-0.2, -0.15) is 0 Å². The minimum absolute atomic E-state index is 0.242. The maximum atomic E-state index is 12.8. The van der Waals surface area contributed by atoms with Crippen molar-refractivity contribution in [1.82, 2.24) is 10.2 Å². The number of nitrogens with zero attached hydrogens (tertiary/aromatic N) is 1. The van der Waals surface area contributed by atoms with E-state index in [4.69, 9.17) is 11.6 Å². The first-order chi connectivity index (χ1) is 11.8. The first-order valence-corrected chi connectivity index (χ1v) is 9.06. The largest absolute Gasteiger partial charge is 0.325 e. The van der Waals surface area contributed by atoms with Crippen molar-refractivity contribution < 1.29 is 14.4 Å². The molecule has 1 aliphatic rings. The van der Waals surface area contributed by atoms with Crippen LogP contribution < -0.4 is 5.32 Å². The number of carbonyl (C=O) groups is 3. The number of amides is 3. The number of halogens is 1. The summed E-state index contributed by atoms with van der Waals surface area (Å²) in [6.07, 6.45) is 0.843. The Morgan fingerprint density at radius 1 is 1.20 bits per heavy atom. The Bertz CT molecular complexity index is 846. The number of hydrogen-bond donors (Lipinski definition) is 1. The third-order valence-electron chi connectivity index (χ3n) is 4.28. The molecule has 3 amide bonds. The summed E-state index contributed by atoms with van der Waals surface area (Å²) in [6, 6.07) is 9.77. The van der Waals surface area contributed by atoms with Crippen molar-refractivity contribution in [1.29, 1.82) is 0 Å². The molecule has 0 radical (unpaired) electrons. The molecule has 0 unspecified atom stereocenters. The number of ketones is 1. The van der Waals surface area contributed by atoms with Gasteiger partial charge < -0.3 is 5.32 Å². The van der Waals surface area contributed by atoms with Crippen molar-refractivity contribution >= 4 is 40.7 Å². The van der Waals surface area contributed by atoms with Crippen LogP contribution in [0.15, 0.2) is 36.4 Å². The molecule has 3 rings (SSSR count). The zero-order chi connectivity index (χ0) is 18.2. The van der Waals surface area contributed by atoms with Gasteiger partial charge in [0.1, 0.15) is 5.54 Å². The van der Waals surface area contributed by atoms with E-state index in [2.05, 4.69) is 5.32 Å². The van der Waals surface area contributed by atoms with Crippen LogP contribution in [0.2, 0.25) is 5.02 Å². The molecule has 130 valence electrons. The van der Waals surface area contributed by atoms with E-state index >= 15 is 0 Å². The number of hydrogen-bond acceptors (Lipinski definition) is 4. The maximum Gasteiger partial charge on any atom is 0.325 e. The highest BCUT2D eigenvalue weighted by Gasteiger charge is 2.49. The van der Waals surface area contributed by atoms with Gasteiger partial charge in [0.05, 0.1) is 11.4 Å². The molecule has 25 heavy (non-hydrogen) atoms. The van der Waals surface area contributed by atoms with E-state index in [0.29, 0.717) is 15.5 Å². The van der Waals surface area contributed by atoms with E-state index < -0.39 is 17.5 Å². The summed E-state index contributed by atoms with van der Waals surface area (Å²) in [4.78, 5) is 40.1. The van der Waals surface area contributed by atoms with E-state index in [-0.39, 0.29) is 12.3 Å². The second kappa shape index (κ2) is 6.61. The van der Waals surface area contributed by atoms with Crippen LogP contribution in [-0.4, -0.2) is 29.2 Å².